The predicted molar refractivity (Wildman–Crippen MR) is 122 cm³/mol. The number of carbonyl (C=O) groups excluding carboxylic acids is 3. The smallest absolute Gasteiger partial charge is 0.335 e. The summed E-state index contributed by atoms with van der Waals surface area (Å²) in [5, 5.41) is 2.26. The zero-order valence-electron chi connectivity index (χ0n) is 18.3. The Hall–Kier alpha value is -4.33. The number of hydrogen-bond acceptors (Lipinski definition) is 5. The molecule has 2 aliphatic rings. The second kappa shape index (κ2) is 7.67. The number of rotatable bonds is 3. The lowest BCUT2D eigenvalue weighted by Gasteiger charge is -2.26. The third kappa shape index (κ3) is 3.45. The molecule has 3 aromatic rings. The van der Waals surface area contributed by atoms with Crippen LogP contribution in [0.1, 0.15) is 22.5 Å². The Labute approximate surface area is 190 Å². The maximum Gasteiger partial charge on any atom is 0.335 e. The summed E-state index contributed by atoms with van der Waals surface area (Å²) in [6.45, 7) is 5.97. The van der Waals surface area contributed by atoms with Crippen molar-refractivity contribution in [3.63, 3.8) is 0 Å². The number of carbonyl (C=O) groups is 3. The van der Waals surface area contributed by atoms with Crippen molar-refractivity contribution in [3.8, 4) is 17.2 Å². The van der Waals surface area contributed by atoms with Crippen molar-refractivity contribution < 1.29 is 23.9 Å². The SMILES string of the molecule is Cc1cccc(-n2c(C)cc(/C=C3\C(=O)NC(=O)N(c4ccc5c(c4)OCO5)C3=O)c2C)c1. The van der Waals surface area contributed by atoms with Gasteiger partial charge < -0.3 is 14.0 Å². The van der Waals surface area contributed by atoms with E-state index in [-0.39, 0.29) is 18.1 Å². The van der Waals surface area contributed by atoms with Crippen molar-refractivity contribution in [3.05, 3.63) is 76.6 Å². The van der Waals surface area contributed by atoms with E-state index in [0.717, 1.165) is 27.5 Å². The molecule has 0 aliphatic carbocycles. The molecule has 8 nitrogen and oxygen atoms in total. The van der Waals surface area contributed by atoms with Crippen molar-refractivity contribution >= 4 is 29.6 Å². The Kier molecular flexibility index (Phi) is 4.78. The molecule has 4 amide bonds. The first-order chi connectivity index (χ1) is 15.8. The van der Waals surface area contributed by atoms with Crippen molar-refractivity contribution in [1.29, 1.82) is 0 Å². The number of urea groups is 1. The number of nitrogens with one attached hydrogen (secondary N) is 1. The van der Waals surface area contributed by atoms with Crippen LogP contribution in [0.15, 0.2) is 54.1 Å². The van der Waals surface area contributed by atoms with Gasteiger partial charge in [0.05, 0.1) is 5.69 Å². The van der Waals surface area contributed by atoms with E-state index >= 15 is 0 Å². The summed E-state index contributed by atoms with van der Waals surface area (Å²) in [5.41, 5.74) is 4.82. The standard InChI is InChI=1S/C25H21N3O5/c1-14-5-4-6-18(9-14)27-15(2)10-17(16(27)3)11-20-23(29)26-25(31)28(24(20)30)19-7-8-21-22(12-19)33-13-32-21/h4-12H,13H2,1-3H3,(H,26,29,31)/b20-11+. The normalized spacial score (nSPS) is 16.5. The van der Waals surface area contributed by atoms with E-state index in [2.05, 4.69) is 16.0 Å². The van der Waals surface area contributed by atoms with Gasteiger partial charge in [-0.1, -0.05) is 12.1 Å². The Morgan fingerprint density at radius 2 is 1.70 bits per heavy atom. The highest BCUT2D eigenvalue weighted by molar-refractivity contribution is 6.39. The highest BCUT2D eigenvalue weighted by Crippen LogP contribution is 2.36. The lowest BCUT2D eigenvalue weighted by atomic mass is 10.1. The number of amides is 4. The van der Waals surface area contributed by atoms with E-state index < -0.39 is 17.8 Å². The fraction of sp³-hybridized carbons (Fsp3) is 0.160. The molecular formula is C25H21N3O5. The van der Waals surface area contributed by atoms with E-state index in [4.69, 9.17) is 9.47 Å². The molecule has 3 heterocycles. The molecule has 0 unspecified atom stereocenters. The number of aromatic nitrogens is 1. The molecule has 0 saturated carbocycles. The molecule has 8 heteroatoms. The van der Waals surface area contributed by atoms with E-state index in [1.165, 1.54) is 12.1 Å². The first-order valence-electron chi connectivity index (χ1n) is 10.4. The van der Waals surface area contributed by atoms with Gasteiger partial charge in [-0.3, -0.25) is 14.9 Å². The summed E-state index contributed by atoms with van der Waals surface area (Å²) in [7, 11) is 0. The molecule has 0 bridgehead atoms. The van der Waals surface area contributed by atoms with Crippen LogP contribution >= 0.6 is 0 Å². The molecule has 1 N–H and O–H groups in total. The highest BCUT2D eigenvalue weighted by Gasteiger charge is 2.37. The van der Waals surface area contributed by atoms with Crippen LogP contribution in [-0.2, 0) is 9.59 Å². The molecule has 33 heavy (non-hydrogen) atoms. The second-order valence-corrected chi connectivity index (χ2v) is 8.00. The Balaban J connectivity index is 1.54. The van der Waals surface area contributed by atoms with Gasteiger partial charge in [-0.15, -0.1) is 0 Å². The molecule has 5 rings (SSSR count). The monoisotopic (exact) mass is 443 g/mol. The number of anilines is 1. The minimum atomic E-state index is -0.814. The number of nitrogens with zero attached hydrogens (tertiary/aromatic N) is 2. The van der Waals surface area contributed by atoms with Gasteiger partial charge in [0.15, 0.2) is 11.5 Å². The summed E-state index contributed by atoms with van der Waals surface area (Å²) < 4.78 is 12.7. The van der Waals surface area contributed by atoms with Crippen molar-refractivity contribution in [2.24, 2.45) is 0 Å². The first-order valence-corrected chi connectivity index (χ1v) is 10.4. The number of hydrogen-bond donors (Lipinski definition) is 1. The van der Waals surface area contributed by atoms with Crippen molar-refractivity contribution in [1.82, 2.24) is 9.88 Å². The number of benzene rings is 2. The topological polar surface area (TPSA) is 89.9 Å². The van der Waals surface area contributed by atoms with E-state index in [1.54, 1.807) is 12.1 Å². The maximum absolute atomic E-state index is 13.3. The average Bonchev–Trinajstić information content (AvgIpc) is 3.34. The summed E-state index contributed by atoms with van der Waals surface area (Å²) in [5.74, 6) is -0.485. The molecule has 0 atom stereocenters. The van der Waals surface area contributed by atoms with Gasteiger partial charge in [0.25, 0.3) is 11.8 Å². The van der Waals surface area contributed by atoms with E-state index in [0.29, 0.717) is 17.1 Å². The molecule has 1 aromatic heterocycles. The predicted octanol–water partition coefficient (Wildman–Crippen LogP) is 3.80. The number of fused-ring (bicyclic) bond motifs is 1. The Morgan fingerprint density at radius 1 is 0.909 bits per heavy atom. The molecule has 0 radical (unpaired) electrons. The molecule has 1 saturated heterocycles. The van der Waals surface area contributed by atoms with Gasteiger partial charge in [0.2, 0.25) is 6.79 Å². The number of ether oxygens (including phenoxy) is 2. The van der Waals surface area contributed by atoms with E-state index in [9.17, 15) is 14.4 Å². The molecule has 2 aromatic carbocycles. The number of aryl methyl sites for hydroxylation is 2. The summed E-state index contributed by atoms with van der Waals surface area (Å²) in [4.78, 5) is 39.3. The largest absolute Gasteiger partial charge is 0.454 e. The summed E-state index contributed by atoms with van der Waals surface area (Å²) in [6, 6.07) is 13.9. The van der Waals surface area contributed by atoms with Crippen LogP contribution in [0, 0.1) is 20.8 Å². The van der Waals surface area contributed by atoms with Crippen molar-refractivity contribution in [2.45, 2.75) is 20.8 Å². The maximum atomic E-state index is 13.3. The lowest BCUT2D eigenvalue weighted by molar-refractivity contribution is -0.122. The van der Waals surface area contributed by atoms with Crippen LogP contribution in [-0.4, -0.2) is 29.2 Å². The minimum absolute atomic E-state index is 0.0686. The van der Waals surface area contributed by atoms with Crippen LogP contribution in [0.25, 0.3) is 11.8 Å². The molecule has 2 aliphatic heterocycles. The second-order valence-electron chi connectivity index (χ2n) is 8.00. The number of barbiturate groups is 1. The zero-order valence-corrected chi connectivity index (χ0v) is 18.3. The van der Waals surface area contributed by atoms with Gasteiger partial charge in [0, 0.05) is 23.1 Å². The van der Waals surface area contributed by atoms with Gasteiger partial charge >= 0.3 is 6.03 Å². The number of imide groups is 2. The molecular weight excluding hydrogens is 422 g/mol. The fourth-order valence-corrected chi connectivity index (χ4v) is 4.17. The quantitative estimate of drug-likeness (QED) is 0.491. The van der Waals surface area contributed by atoms with Gasteiger partial charge in [-0.05, 0) is 68.3 Å². The van der Waals surface area contributed by atoms with Crippen LogP contribution in [0.3, 0.4) is 0 Å². The van der Waals surface area contributed by atoms with Gasteiger partial charge in [0.1, 0.15) is 5.57 Å². The Morgan fingerprint density at radius 3 is 2.48 bits per heavy atom. The van der Waals surface area contributed by atoms with Crippen LogP contribution in [0.5, 0.6) is 11.5 Å². The third-order valence-corrected chi connectivity index (χ3v) is 5.75. The highest BCUT2D eigenvalue weighted by atomic mass is 16.7. The molecule has 0 spiro atoms. The summed E-state index contributed by atoms with van der Waals surface area (Å²) >= 11 is 0. The average molecular weight is 443 g/mol. The summed E-state index contributed by atoms with van der Waals surface area (Å²) in [6.07, 6.45) is 1.53. The Bertz CT molecular complexity index is 1370. The van der Waals surface area contributed by atoms with Gasteiger partial charge in [-0.25, -0.2) is 9.69 Å². The van der Waals surface area contributed by atoms with Crippen LogP contribution < -0.4 is 19.7 Å². The lowest BCUT2D eigenvalue weighted by Crippen LogP contribution is -2.54. The van der Waals surface area contributed by atoms with Gasteiger partial charge in [-0.2, -0.15) is 0 Å². The van der Waals surface area contributed by atoms with Crippen LogP contribution in [0.4, 0.5) is 10.5 Å². The van der Waals surface area contributed by atoms with Crippen LogP contribution in [0.2, 0.25) is 0 Å². The first kappa shape index (κ1) is 20.6. The van der Waals surface area contributed by atoms with Crippen molar-refractivity contribution in [2.75, 3.05) is 11.7 Å². The zero-order chi connectivity index (χ0) is 23.3. The fourth-order valence-electron chi connectivity index (χ4n) is 4.17. The molecule has 1 fully saturated rings. The minimum Gasteiger partial charge on any atom is -0.454 e. The molecule has 166 valence electrons. The van der Waals surface area contributed by atoms with E-state index in [1.807, 2.05) is 45.0 Å². The third-order valence-electron chi connectivity index (χ3n) is 5.75.